The molecular weight excluding hydrogens is 468 g/mol. The highest BCUT2D eigenvalue weighted by Gasteiger charge is 2.44. The molecule has 12 nitrogen and oxygen atoms in total. The molecule has 2 aromatic carbocycles. The van der Waals surface area contributed by atoms with E-state index in [1.54, 1.807) is 0 Å². The van der Waals surface area contributed by atoms with Crippen LogP contribution in [0.15, 0.2) is 39.5 Å². The number of aliphatic hydroxyl groups excluding tert-OH is 4. The third-order valence-corrected chi connectivity index (χ3v) is 5.63. The quantitative estimate of drug-likeness (QED) is 0.272. The molecule has 0 amide bonds. The Morgan fingerprint density at radius 1 is 0.914 bits per heavy atom. The molecule has 6 N–H and O–H groups in total. The van der Waals surface area contributed by atoms with Crippen LogP contribution >= 0.6 is 0 Å². The van der Waals surface area contributed by atoms with Gasteiger partial charge in [-0.1, -0.05) is 0 Å². The lowest BCUT2D eigenvalue weighted by molar-refractivity contribution is -0.277. The molecule has 0 aliphatic carbocycles. The van der Waals surface area contributed by atoms with Crippen molar-refractivity contribution in [2.75, 3.05) is 20.8 Å². The zero-order chi connectivity index (χ0) is 25.4. The molecule has 1 aliphatic rings. The number of phenols is 2. The van der Waals surface area contributed by atoms with E-state index in [9.17, 15) is 35.4 Å². The Kier molecular flexibility index (Phi) is 6.74. The van der Waals surface area contributed by atoms with Gasteiger partial charge in [-0.25, -0.2) is 0 Å². The van der Waals surface area contributed by atoms with Crippen LogP contribution < -0.4 is 19.6 Å². The third kappa shape index (κ3) is 4.45. The average molecular weight is 492 g/mol. The summed E-state index contributed by atoms with van der Waals surface area (Å²) in [6.45, 7) is -0.649. The first-order valence-corrected chi connectivity index (χ1v) is 10.4. The largest absolute Gasteiger partial charge is 0.507 e. The van der Waals surface area contributed by atoms with Crippen molar-refractivity contribution in [3.63, 3.8) is 0 Å². The number of hydrogen-bond acceptors (Lipinski definition) is 12. The fourth-order valence-corrected chi connectivity index (χ4v) is 3.84. The Hall–Kier alpha value is -3.55. The summed E-state index contributed by atoms with van der Waals surface area (Å²) in [5, 5.41) is 59.9. The molecule has 3 aromatic rings. The highest BCUT2D eigenvalue weighted by molar-refractivity contribution is 5.86. The second kappa shape index (κ2) is 9.60. The van der Waals surface area contributed by atoms with Crippen molar-refractivity contribution in [3.8, 4) is 40.1 Å². The van der Waals surface area contributed by atoms with Gasteiger partial charge in [0.2, 0.25) is 12.0 Å². The molecule has 1 saturated heterocycles. The van der Waals surface area contributed by atoms with Gasteiger partial charge in [-0.2, -0.15) is 0 Å². The molecule has 0 saturated carbocycles. The number of aromatic hydroxyl groups is 2. The first kappa shape index (κ1) is 24.6. The van der Waals surface area contributed by atoms with E-state index in [-0.39, 0.29) is 45.3 Å². The zero-order valence-electron chi connectivity index (χ0n) is 18.6. The molecule has 0 bridgehead atoms. The Balaban J connectivity index is 1.74. The second-order valence-corrected chi connectivity index (χ2v) is 7.84. The SMILES string of the molecule is COc1cc(-c2cc(=O)c3c(O)cc(OC4OC(CO)C(O)C(O)C4O)cc3o2)cc(O)c1OC. The number of rotatable bonds is 6. The Morgan fingerprint density at radius 2 is 1.66 bits per heavy atom. The molecule has 0 radical (unpaired) electrons. The predicted octanol–water partition coefficient (Wildman–Crippen LogP) is 0.0671. The van der Waals surface area contributed by atoms with Crippen molar-refractivity contribution in [2.24, 2.45) is 0 Å². The van der Waals surface area contributed by atoms with Crippen LogP contribution in [0.4, 0.5) is 0 Å². The lowest BCUT2D eigenvalue weighted by Crippen LogP contribution is -2.60. The summed E-state index contributed by atoms with van der Waals surface area (Å²) in [6.07, 6.45) is -7.63. The number of methoxy groups -OCH3 is 2. The number of aliphatic hydroxyl groups is 4. The smallest absolute Gasteiger partial charge is 0.229 e. The second-order valence-electron chi connectivity index (χ2n) is 7.84. The molecule has 1 aliphatic heterocycles. The number of phenolic OH excluding ortho intramolecular Hbond substituents is 2. The van der Waals surface area contributed by atoms with E-state index in [1.807, 2.05) is 0 Å². The highest BCUT2D eigenvalue weighted by atomic mass is 16.7. The molecule has 5 unspecified atom stereocenters. The maximum Gasteiger partial charge on any atom is 0.229 e. The van der Waals surface area contributed by atoms with E-state index in [0.717, 1.165) is 12.1 Å². The van der Waals surface area contributed by atoms with Crippen LogP contribution in [0.3, 0.4) is 0 Å². The maximum absolute atomic E-state index is 12.7. The predicted molar refractivity (Wildman–Crippen MR) is 119 cm³/mol. The van der Waals surface area contributed by atoms with Crippen LogP contribution in [-0.4, -0.2) is 82.2 Å². The summed E-state index contributed by atoms with van der Waals surface area (Å²) in [7, 11) is 2.73. The van der Waals surface area contributed by atoms with Crippen molar-refractivity contribution >= 4 is 11.0 Å². The van der Waals surface area contributed by atoms with Gasteiger partial charge in [0.15, 0.2) is 16.9 Å². The summed E-state index contributed by atoms with van der Waals surface area (Å²) >= 11 is 0. The summed E-state index contributed by atoms with van der Waals surface area (Å²) in [5.74, 6) is -0.539. The van der Waals surface area contributed by atoms with Gasteiger partial charge in [-0.3, -0.25) is 4.79 Å². The van der Waals surface area contributed by atoms with Crippen molar-refractivity contribution < 1.29 is 54.0 Å². The first-order chi connectivity index (χ1) is 16.7. The Labute approximate surface area is 197 Å². The number of ether oxygens (including phenoxy) is 4. The standard InChI is InChI=1S/C23H24O12/c1-31-16-4-9(3-13(27)22(16)32-2)14-7-12(26)18-11(25)5-10(6-15(18)34-14)33-23-21(30)20(29)19(28)17(8-24)35-23/h3-7,17,19-21,23-25,27-30H,8H2,1-2H3. The summed E-state index contributed by atoms with van der Waals surface area (Å²) in [4.78, 5) is 12.7. The lowest BCUT2D eigenvalue weighted by Gasteiger charge is -2.39. The van der Waals surface area contributed by atoms with Gasteiger partial charge in [0.1, 0.15) is 52.6 Å². The van der Waals surface area contributed by atoms with Crippen molar-refractivity contribution in [3.05, 3.63) is 40.6 Å². The van der Waals surface area contributed by atoms with E-state index >= 15 is 0 Å². The molecule has 35 heavy (non-hydrogen) atoms. The van der Waals surface area contributed by atoms with Gasteiger partial charge < -0.3 is 54.0 Å². The fourth-order valence-electron chi connectivity index (χ4n) is 3.84. The van der Waals surface area contributed by atoms with E-state index in [0.29, 0.717) is 0 Å². The van der Waals surface area contributed by atoms with Crippen molar-refractivity contribution in [1.29, 1.82) is 0 Å². The summed E-state index contributed by atoms with van der Waals surface area (Å²) in [5.41, 5.74) is -0.410. The summed E-state index contributed by atoms with van der Waals surface area (Å²) in [6, 6.07) is 6.25. The van der Waals surface area contributed by atoms with E-state index in [2.05, 4.69) is 0 Å². The van der Waals surface area contributed by atoms with Gasteiger partial charge in [0.05, 0.1) is 20.8 Å². The molecule has 2 heterocycles. The van der Waals surface area contributed by atoms with Gasteiger partial charge >= 0.3 is 0 Å². The van der Waals surface area contributed by atoms with Crippen molar-refractivity contribution in [2.45, 2.75) is 30.7 Å². The Morgan fingerprint density at radius 3 is 2.31 bits per heavy atom. The first-order valence-electron chi connectivity index (χ1n) is 10.4. The molecule has 5 atom stereocenters. The van der Waals surface area contributed by atoms with E-state index in [1.165, 1.54) is 32.4 Å². The van der Waals surface area contributed by atoms with E-state index < -0.39 is 48.5 Å². The normalized spacial score (nSPS) is 24.3. The molecule has 1 fully saturated rings. The average Bonchev–Trinajstić information content (AvgIpc) is 2.83. The van der Waals surface area contributed by atoms with Gasteiger partial charge in [-0.05, 0) is 12.1 Å². The topological polar surface area (TPSA) is 189 Å². The number of benzene rings is 2. The maximum atomic E-state index is 12.7. The van der Waals surface area contributed by atoms with E-state index in [4.69, 9.17) is 23.4 Å². The van der Waals surface area contributed by atoms with Gasteiger partial charge in [-0.15, -0.1) is 0 Å². The van der Waals surface area contributed by atoms with Crippen LogP contribution in [0.25, 0.3) is 22.3 Å². The van der Waals surface area contributed by atoms with Crippen LogP contribution in [0.1, 0.15) is 0 Å². The van der Waals surface area contributed by atoms with Gasteiger partial charge in [0.25, 0.3) is 0 Å². The minimum atomic E-state index is -1.68. The summed E-state index contributed by atoms with van der Waals surface area (Å²) < 4.78 is 26.9. The monoisotopic (exact) mass is 492 g/mol. The molecular formula is C23H24O12. The zero-order valence-corrected chi connectivity index (χ0v) is 18.6. The van der Waals surface area contributed by atoms with Crippen molar-refractivity contribution in [1.82, 2.24) is 0 Å². The van der Waals surface area contributed by atoms with Crippen LogP contribution in [0.2, 0.25) is 0 Å². The molecule has 188 valence electrons. The Bertz CT molecular complexity index is 1280. The van der Waals surface area contributed by atoms with Crippen LogP contribution in [0.5, 0.6) is 28.7 Å². The molecule has 0 spiro atoms. The lowest BCUT2D eigenvalue weighted by atomic mass is 9.99. The molecule has 12 heteroatoms. The molecule has 4 rings (SSSR count). The number of fused-ring (bicyclic) bond motifs is 1. The van der Waals surface area contributed by atoms with Crippen LogP contribution in [-0.2, 0) is 4.74 Å². The molecule has 1 aromatic heterocycles. The van der Waals surface area contributed by atoms with Crippen LogP contribution in [0, 0.1) is 0 Å². The minimum absolute atomic E-state index is 0.0307. The van der Waals surface area contributed by atoms with Gasteiger partial charge in [0, 0.05) is 23.8 Å². The minimum Gasteiger partial charge on any atom is -0.507 e. The number of hydrogen-bond donors (Lipinski definition) is 6. The highest BCUT2D eigenvalue weighted by Crippen LogP contribution is 2.41. The third-order valence-electron chi connectivity index (χ3n) is 5.63. The fraction of sp³-hybridized carbons (Fsp3) is 0.348.